The van der Waals surface area contributed by atoms with Gasteiger partial charge in [-0.15, -0.1) is 0 Å². The highest BCUT2D eigenvalue weighted by molar-refractivity contribution is 6.33. The molecule has 0 spiro atoms. The number of unbranched alkanes of at least 4 members (excludes halogenated alkanes) is 8. The number of carboxylic acids is 1. The lowest BCUT2D eigenvalue weighted by Gasteiger charge is -2.31. The molecule has 0 bridgehead atoms. The van der Waals surface area contributed by atoms with Crippen LogP contribution < -0.4 is 0 Å². The summed E-state index contributed by atoms with van der Waals surface area (Å²) in [5.41, 5.74) is 2.23. The maximum absolute atomic E-state index is 14.8. The molecule has 1 aromatic heterocycles. The third kappa shape index (κ3) is 5.31. The van der Waals surface area contributed by atoms with Gasteiger partial charge in [0.15, 0.2) is 5.95 Å². The van der Waals surface area contributed by atoms with Gasteiger partial charge >= 0.3 is 13.5 Å². The minimum absolute atomic E-state index is 0.0972. The molecule has 4 nitrogen and oxygen atoms in total. The van der Waals surface area contributed by atoms with Gasteiger partial charge in [0, 0.05) is 23.4 Å². The average Bonchev–Trinajstić information content (AvgIpc) is 3.17. The van der Waals surface area contributed by atoms with Gasteiger partial charge in [0.25, 0.3) is 0 Å². The van der Waals surface area contributed by atoms with Crippen molar-refractivity contribution in [1.82, 2.24) is 9.29 Å². The largest absolute Gasteiger partial charge is 0.481 e. The van der Waals surface area contributed by atoms with E-state index in [0.717, 1.165) is 62.8 Å². The summed E-state index contributed by atoms with van der Waals surface area (Å²) in [6.45, 7) is 1.80. The fraction of sp³-hybridized carbons (Fsp3) is 0.591. The molecule has 3 heterocycles. The number of hydrogen-bond acceptors (Lipinski definition) is 2. The van der Waals surface area contributed by atoms with Crippen LogP contribution in [-0.2, 0) is 4.79 Å². The molecule has 7 heteroatoms. The predicted octanol–water partition coefficient (Wildman–Crippen LogP) is 5.67. The molecule has 0 saturated heterocycles. The highest BCUT2D eigenvalue weighted by atomic mass is 19.1. The summed E-state index contributed by atoms with van der Waals surface area (Å²) in [4.78, 5) is 12.3. The molecular formula is C22H30BF2N2O2. The lowest BCUT2D eigenvalue weighted by atomic mass is 9.96. The zero-order valence-electron chi connectivity index (χ0n) is 17.2. The Labute approximate surface area is 172 Å². The number of rotatable bonds is 12. The second kappa shape index (κ2) is 10.1. The summed E-state index contributed by atoms with van der Waals surface area (Å²) in [7, 11) is 1.69. The van der Waals surface area contributed by atoms with Crippen molar-refractivity contribution in [2.24, 2.45) is 0 Å². The Hall–Kier alpha value is -2.05. The van der Waals surface area contributed by atoms with Crippen LogP contribution in [0.2, 0.25) is 0 Å². The Morgan fingerprint density at radius 3 is 2.31 bits per heavy atom. The number of allylic oxidation sites excluding steroid dienone is 1. The van der Waals surface area contributed by atoms with Gasteiger partial charge in [0.1, 0.15) is 5.83 Å². The number of hydrogen-bond donors (Lipinski definition) is 1. The molecule has 0 fully saturated rings. The molecule has 1 N–H and O–H groups in total. The number of aromatic nitrogens is 1. The van der Waals surface area contributed by atoms with Crippen molar-refractivity contribution in [2.45, 2.75) is 83.6 Å². The molecule has 1 unspecified atom stereocenters. The van der Waals surface area contributed by atoms with E-state index >= 15 is 0 Å². The van der Waals surface area contributed by atoms with Crippen LogP contribution in [0.5, 0.6) is 0 Å². The molecule has 0 saturated carbocycles. The summed E-state index contributed by atoms with van der Waals surface area (Å²) in [6, 6.07) is 2.81. The average molecular weight is 403 g/mol. The zero-order valence-corrected chi connectivity index (χ0v) is 17.2. The van der Waals surface area contributed by atoms with Crippen LogP contribution in [0.15, 0.2) is 29.2 Å². The normalized spacial score (nSPS) is 17.8. The second-order valence-electron chi connectivity index (χ2n) is 8.11. The summed E-state index contributed by atoms with van der Waals surface area (Å²) in [5.74, 6) is -1.14. The van der Waals surface area contributed by atoms with Gasteiger partial charge in [-0.05, 0) is 38.0 Å². The van der Waals surface area contributed by atoms with E-state index in [1.165, 1.54) is 23.4 Å². The summed E-state index contributed by atoms with van der Waals surface area (Å²) in [5, 5.41) is 8.60. The molecule has 1 atom stereocenters. The van der Waals surface area contributed by atoms with E-state index in [4.69, 9.17) is 5.11 Å². The van der Waals surface area contributed by atoms with Crippen molar-refractivity contribution in [3.63, 3.8) is 0 Å². The smallest absolute Gasteiger partial charge is 0.398 e. The van der Waals surface area contributed by atoms with Gasteiger partial charge in [-0.25, -0.2) is 4.39 Å². The Morgan fingerprint density at radius 1 is 1.03 bits per heavy atom. The predicted molar refractivity (Wildman–Crippen MR) is 111 cm³/mol. The highest BCUT2D eigenvalue weighted by Gasteiger charge is 2.37. The Balaban J connectivity index is 1.34. The fourth-order valence-corrected chi connectivity index (χ4v) is 4.24. The third-order valence-electron chi connectivity index (χ3n) is 5.94. The van der Waals surface area contributed by atoms with Crippen molar-refractivity contribution >= 4 is 19.6 Å². The summed E-state index contributed by atoms with van der Waals surface area (Å²) >= 11 is 0. The van der Waals surface area contributed by atoms with Gasteiger partial charge < -0.3 is 14.4 Å². The highest BCUT2D eigenvalue weighted by Crippen LogP contribution is 2.39. The van der Waals surface area contributed by atoms with Crippen LogP contribution in [0.1, 0.15) is 83.2 Å². The van der Waals surface area contributed by atoms with Crippen LogP contribution in [0.3, 0.4) is 0 Å². The molecule has 29 heavy (non-hydrogen) atoms. The van der Waals surface area contributed by atoms with Crippen molar-refractivity contribution in [3.05, 3.63) is 40.9 Å². The van der Waals surface area contributed by atoms with E-state index < -0.39 is 5.97 Å². The van der Waals surface area contributed by atoms with E-state index in [1.54, 1.807) is 20.5 Å². The van der Waals surface area contributed by atoms with Crippen molar-refractivity contribution < 1.29 is 18.7 Å². The van der Waals surface area contributed by atoms with Crippen LogP contribution in [0.4, 0.5) is 8.78 Å². The Kier molecular flexibility index (Phi) is 7.56. The standard InChI is InChI=1S/C22H30BF2N2O2/c1-16-19-15-17-13-14-20(24)26(17)23-27(19)18(22(16)25)11-9-7-5-3-2-4-6-8-10-12-21(28)29/h13-15,18H,2-12H2,1H3,(H,28,29). The first kappa shape index (κ1) is 21.7. The van der Waals surface area contributed by atoms with Crippen molar-refractivity contribution in [3.8, 4) is 0 Å². The number of nitrogens with zero attached hydrogens (tertiary/aromatic N) is 2. The van der Waals surface area contributed by atoms with E-state index in [0.29, 0.717) is 5.57 Å². The van der Waals surface area contributed by atoms with Gasteiger partial charge in [-0.3, -0.25) is 4.79 Å². The molecule has 2 aliphatic heterocycles. The van der Waals surface area contributed by atoms with Gasteiger partial charge in [-0.2, -0.15) is 4.39 Å². The lowest BCUT2D eigenvalue weighted by Crippen LogP contribution is -2.40. The molecule has 2 aliphatic rings. The lowest BCUT2D eigenvalue weighted by molar-refractivity contribution is -0.137. The first-order valence-corrected chi connectivity index (χ1v) is 10.8. The number of halogens is 2. The van der Waals surface area contributed by atoms with Crippen molar-refractivity contribution in [2.75, 3.05) is 0 Å². The van der Waals surface area contributed by atoms with E-state index in [-0.39, 0.29) is 24.2 Å². The molecular weight excluding hydrogens is 373 g/mol. The van der Waals surface area contributed by atoms with Crippen LogP contribution in [0, 0.1) is 5.95 Å². The fourth-order valence-electron chi connectivity index (χ4n) is 4.24. The SMILES string of the molecule is CC1=C(F)C(CCCCCCCCCCCC(=O)O)N2[B]n3c(F)ccc3C=C12. The minimum Gasteiger partial charge on any atom is -0.481 e. The topological polar surface area (TPSA) is 45.5 Å². The van der Waals surface area contributed by atoms with E-state index in [9.17, 15) is 13.6 Å². The number of fused-ring (bicyclic) bond motifs is 2. The molecule has 157 valence electrons. The molecule has 0 amide bonds. The van der Waals surface area contributed by atoms with Gasteiger partial charge in [0.2, 0.25) is 0 Å². The van der Waals surface area contributed by atoms with Crippen LogP contribution >= 0.6 is 0 Å². The van der Waals surface area contributed by atoms with Crippen molar-refractivity contribution in [1.29, 1.82) is 0 Å². The first-order chi connectivity index (χ1) is 14.0. The number of carboxylic acid groups (broad SMARTS) is 1. The molecule has 1 aromatic rings. The Bertz CT molecular complexity index is 788. The van der Waals surface area contributed by atoms with E-state index in [2.05, 4.69) is 0 Å². The van der Waals surface area contributed by atoms with Crippen LogP contribution in [-0.4, -0.2) is 34.0 Å². The third-order valence-corrected chi connectivity index (χ3v) is 5.94. The summed E-state index contributed by atoms with van der Waals surface area (Å²) in [6.07, 6.45) is 12.4. The first-order valence-electron chi connectivity index (χ1n) is 10.8. The second-order valence-corrected chi connectivity index (χ2v) is 8.11. The summed E-state index contributed by atoms with van der Waals surface area (Å²) < 4.78 is 30.2. The van der Waals surface area contributed by atoms with Gasteiger partial charge in [0.05, 0.1) is 6.04 Å². The molecule has 3 rings (SSSR count). The molecule has 1 radical (unpaired) electrons. The molecule has 0 aromatic carbocycles. The monoisotopic (exact) mass is 403 g/mol. The van der Waals surface area contributed by atoms with Crippen LogP contribution in [0.25, 0.3) is 6.08 Å². The molecule has 0 aliphatic carbocycles. The maximum Gasteiger partial charge on any atom is 0.398 e. The quantitative estimate of drug-likeness (QED) is 0.361. The number of carbonyl (C=O) groups is 1. The number of aliphatic carboxylic acids is 1. The van der Waals surface area contributed by atoms with E-state index in [1.807, 2.05) is 10.9 Å². The minimum atomic E-state index is -0.711. The zero-order chi connectivity index (χ0) is 20.8. The van der Waals surface area contributed by atoms with Gasteiger partial charge in [-0.1, -0.05) is 51.4 Å². The Morgan fingerprint density at radius 2 is 1.66 bits per heavy atom. The maximum atomic E-state index is 14.8.